The van der Waals surface area contributed by atoms with Crippen LogP contribution in [0.15, 0.2) is 47.1 Å². The molecule has 3 heteroatoms. The first-order valence-corrected chi connectivity index (χ1v) is 6.52. The normalized spacial score (nSPS) is 12.6. The number of halogens is 2. The van der Waals surface area contributed by atoms with Crippen LogP contribution in [0, 0.1) is 5.92 Å². The molecule has 0 bridgehead atoms. The van der Waals surface area contributed by atoms with Crippen molar-refractivity contribution >= 4 is 23.2 Å². The summed E-state index contributed by atoms with van der Waals surface area (Å²) in [5.74, 6) is 2.01. The fourth-order valence-corrected chi connectivity index (χ4v) is 2.19. The molecule has 1 aromatic carbocycles. The van der Waals surface area contributed by atoms with Crippen molar-refractivity contribution in [2.24, 2.45) is 5.92 Å². The second kappa shape index (κ2) is 6.13. The summed E-state index contributed by atoms with van der Waals surface area (Å²) in [7, 11) is 0. The summed E-state index contributed by atoms with van der Waals surface area (Å²) in [4.78, 5) is 0. The summed E-state index contributed by atoms with van der Waals surface area (Å²) < 4.78 is 5.34. The zero-order valence-corrected chi connectivity index (χ0v) is 10.9. The molecule has 0 aliphatic rings. The van der Waals surface area contributed by atoms with Crippen molar-refractivity contribution in [1.82, 2.24) is 0 Å². The van der Waals surface area contributed by atoms with Gasteiger partial charge in [0.05, 0.1) is 6.26 Å². The lowest BCUT2D eigenvalue weighted by atomic mass is 9.97. The summed E-state index contributed by atoms with van der Waals surface area (Å²) in [5.41, 5.74) is 1.26. The minimum absolute atomic E-state index is 0.393. The maximum absolute atomic E-state index is 6.00. The molecular weight excluding hydrogens is 255 g/mol. The quantitative estimate of drug-likeness (QED) is 0.724. The first-order chi connectivity index (χ1) is 8.28. The molecule has 17 heavy (non-hydrogen) atoms. The standard InChI is InChI=1S/C14H14Cl2O/c15-10-12(9-14-2-1-7-17-14)8-11-3-5-13(16)6-4-11/h1-7,12H,8-10H2. The average Bonchev–Trinajstić information content (AvgIpc) is 2.84. The zero-order valence-electron chi connectivity index (χ0n) is 9.40. The minimum atomic E-state index is 0.393. The molecule has 0 N–H and O–H groups in total. The Labute approximate surface area is 111 Å². The molecule has 1 atom stereocenters. The smallest absolute Gasteiger partial charge is 0.104 e. The van der Waals surface area contributed by atoms with E-state index in [0.29, 0.717) is 11.8 Å². The lowest BCUT2D eigenvalue weighted by molar-refractivity contribution is 0.458. The molecule has 2 rings (SSSR count). The Hall–Kier alpha value is -0.920. The van der Waals surface area contributed by atoms with Gasteiger partial charge in [-0.05, 0) is 42.2 Å². The van der Waals surface area contributed by atoms with Crippen LogP contribution < -0.4 is 0 Å². The third kappa shape index (κ3) is 3.79. The Morgan fingerprint density at radius 1 is 1.06 bits per heavy atom. The van der Waals surface area contributed by atoms with Gasteiger partial charge in [-0.15, -0.1) is 11.6 Å². The first kappa shape index (κ1) is 12.5. The molecule has 0 saturated carbocycles. The van der Waals surface area contributed by atoms with Crippen LogP contribution in [0.4, 0.5) is 0 Å². The van der Waals surface area contributed by atoms with E-state index in [1.54, 1.807) is 6.26 Å². The van der Waals surface area contributed by atoms with Crippen LogP contribution in [0.25, 0.3) is 0 Å². The van der Waals surface area contributed by atoms with Gasteiger partial charge in [-0.3, -0.25) is 0 Å². The number of rotatable bonds is 5. The molecular formula is C14H14Cl2O. The van der Waals surface area contributed by atoms with E-state index in [2.05, 4.69) is 0 Å². The van der Waals surface area contributed by atoms with Crippen LogP contribution in [0.1, 0.15) is 11.3 Å². The lowest BCUT2D eigenvalue weighted by Crippen LogP contribution is -2.09. The highest BCUT2D eigenvalue weighted by atomic mass is 35.5. The Balaban J connectivity index is 1.97. The van der Waals surface area contributed by atoms with Crippen molar-refractivity contribution in [3.8, 4) is 0 Å². The monoisotopic (exact) mass is 268 g/mol. The van der Waals surface area contributed by atoms with Gasteiger partial charge in [-0.25, -0.2) is 0 Å². The molecule has 1 nitrogen and oxygen atoms in total. The molecule has 2 aromatic rings. The molecule has 0 amide bonds. The van der Waals surface area contributed by atoms with E-state index >= 15 is 0 Å². The van der Waals surface area contributed by atoms with Gasteiger partial charge in [-0.1, -0.05) is 23.7 Å². The second-order valence-corrected chi connectivity index (χ2v) is 4.88. The molecule has 0 aliphatic carbocycles. The highest BCUT2D eigenvalue weighted by molar-refractivity contribution is 6.30. The van der Waals surface area contributed by atoms with Gasteiger partial charge in [0.25, 0.3) is 0 Å². The van der Waals surface area contributed by atoms with E-state index in [4.69, 9.17) is 27.6 Å². The van der Waals surface area contributed by atoms with E-state index in [1.807, 2.05) is 36.4 Å². The Morgan fingerprint density at radius 3 is 2.41 bits per heavy atom. The highest BCUT2D eigenvalue weighted by Gasteiger charge is 2.11. The van der Waals surface area contributed by atoms with Crippen LogP contribution >= 0.6 is 23.2 Å². The molecule has 1 aromatic heterocycles. The first-order valence-electron chi connectivity index (χ1n) is 5.60. The van der Waals surface area contributed by atoms with E-state index in [9.17, 15) is 0 Å². The van der Waals surface area contributed by atoms with Gasteiger partial charge < -0.3 is 4.42 Å². The molecule has 0 saturated heterocycles. The van der Waals surface area contributed by atoms with Gasteiger partial charge in [-0.2, -0.15) is 0 Å². The van der Waals surface area contributed by atoms with Gasteiger partial charge in [0.15, 0.2) is 0 Å². The van der Waals surface area contributed by atoms with Gasteiger partial charge in [0.2, 0.25) is 0 Å². The predicted molar refractivity (Wildman–Crippen MR) is 71.8 cm³/mol. The second-order valence-electron chi connectivity index (χ2n) is 4.13. The zero-order chi connectivity index (χ0) is 12.1. The van der Waals surface area contributed by atoms with Crippen LogP contribution in [0.3, 0.4) is 0 Å². The largest absolute Gasteiger partial charge is 0.469 e. The van der Waals surface area contributed by atoms with Crippen LogP contribution in [-0.4, -0.2) is 5.88 Å². The molecule has 1 unspecified atom stereocenters. The Bertz CT molecular complexity index is 434. The van der Waals surface area contributed by atoms with Crippen molar-refractivity contribution < 1.29 is 4.42 Å². The van der Waals surface area contributed by atoms with Gasteiger partial charge in [0.1, 0.15) is 5.76 Å². The van der Waals surface area contributed by atoms with Crippen molar-refractivity contribution in [2.75, 3.05) is 5.88 Å². The number of hydrogen-bond donors (Lipinski definition) is 0. The molecule has 0 aliphatic heterocycles. The topological polar surface area (TPSA) is 13.1 Å². The van der Waals surface area contributed by atoms with Gasteiger partial charge >= 0.3 is 0 Å². The van der Waals surface area contributed by atoms with Crippen LogP contribution in [-0.2, 0) is 12.8 Å². The summed E-state index contributed by atoms with van der Waals surface area (Å²) in [5, 5.41) is 0.766. The predicted octanol–water partition coefficient (Wildman–Crippen LogP) is 4.57. The minimum Gasteiger partial charge on any atom is -0.469 e. The molecule has 0 fully saturated rings. The van der Waals surface area contributed by atoms with Gasteiger partial charge in [0, 0.05) is 17.3 Å². The molecule has 0 spiro atoms. The lowest BCUT2D eigenvalue weighted by Gasteiger charge is -2.12. The number of alkyl halides is 1. The summed E-state index contributed by atoms with van der Waals surface area (Å²) in [6, 6.07) is 11.8. The molecule has 90 valence electrons. The van der Waals surface area contributed by atoms with E-state index < -0.39 is 0 Å². The Kier molecular flexibility index (Phi) is 4.52. The average molecular weight is 269 g/mol. The van der Waals surface area contributed by atoms with Crippen molar-refractivity contribution in [1.29, 1.82) is 0 Å². The number of furan rings is 1. The van der Waals surface area contributed by atoms with Crippen molar-refractivity contribution in [3.63, 3.8) is 0 Å². The van der Waals surface area contributed by atoms with E-state index in [0.717, 1.165) is 23.6 Å². The number of benzene rings is 1. The summed E-state index contributed by atoms with van der Waals surface area (Å²) >= 11 is 11.9. The molecule has 0 radical (unpaired) electrons. The highest BCUT2D eigenvalue weighted by Crippen LogP contribution is 2.18. The maximum Gasteiger partial charge on any atom is 0.104 e. The maximum atomic E-state index is 6.00. The van der Waals surface area contributed by atoms with Crippen molar-refractivity contribution in [3.05, 3.63) is 59.0 Å². The summed E-state index contributed by atoms with van der Waals surface area (Å²) in [6.07, 6.45) is 3.52. The SMILES string of the molecule is ClCC(Cc1ccc(Cl)cc1)Cc1ccco1. The number of hydrogen-bond acceptors (Lipinski definition) is 1. The van der Waals surface area contributed by atoms with Crippen molar-refractivity contribution in [2.45, 2.75) is 12.8 Å². The Morgan fingerprint density at radius 2 is 1.82 bits per heavy atom. The van der Waals surface area contributed by atoms with E-state index in [-0.39, 0.29) is 0 Å². The third-order valence-corrected chi connectivity index (χ3v) is 3.41. The summed E-state index contributed by atoms with van der Waals surface area (Å²) in [6.45, 7) is 0. The van der Waals surface area contributed by atoms with Crippen LogP contribution in [0.5, 0.6) is 0 Å². The van der Waals surface area contributed by atoms with E-state index in [1.165, 1.54) is 5.56 Å². The fraction of sp³-hybridized carbons (Fsp3) is 0.286. The third-order valence-electron chi connectivity index (χ3n) is 2.73. The van der Waals surface area contributed by atoms with Crippen LogP contribution in [0.2, 0.25) is 5.02 Å². The fourth-order valence-electron chi connectivity index (χ4n) is 1.85. The molecule has 1 heterocycles.